The molecule has 0 radical (unpaired) electrons. The van der Waals surface area contributed by atoms with Crippen LogP contribution in [0.4, 0.5) is 8.78 Å². The van der Waals surface area contributed by atoms with Crippen molar-refractivity contribution in [2.24, 2.45) is 0 Å². The van der Waals surface area contributed by atoms with E-state index in [-0.39, 0.29) is 0 Å². The van der Waals surface area contributed by atoms with Gasteiger partial charge in [-0.1, -0.05) is 0 Å². The number of ether oxygens (including phenoxy) is 2. The molecule has 0 saturated carbocycles. The SMILES string of the molecule is COC(=O)C1(F)CNCC1(F)C(=O)OC. The largest absolute Gasteiger partial charge is 0.467 e. The van der Waals surface area contributed by atoms with Crippen LogP contribution in [0.1, 0.15) is 0 Å². The van der Waals surface area contributed by atoms with Crippen LogP contribution in [0.25, 0.3) is 0 Å². The number of hydrogen-bond donors (Lipinski definition) is 1. The monoisotopic (exact) mass is 223 g/mol. The zero-order valence-electron chi connectivity index (χ0n) is 8.30. The predicted octanol–water partition coefficient (Wildman–Crippen LogP) is -0.648. The molecule has 15 heavy (non-hydrogen) atoms. The van der Waals surface area contributed by atoms with Gasteiger partial charge >= 0.3 is 11.9 Å². The van der Waals surface area contributed by atoms with Gasteiger partial charge in [0.15, 0.2) is 0 Å². The van der Waals surface area contributed by atoms with E-state index in [1.54, 1.807) is 0 Å². The van der Waals surface area contributed by atoms with Crippen molar-refractivity contribution in [1.82, 2.24) is 5.32 Å². The lowest BCUT2D eigenvalue weighted by atomic mass is 9.89. The molecule has 1 aliphatic heterocycles. The van der Waals surface area contributed by atoms with Crippen LogP contribution >= 0.6 is 0 Å². The van der Waals surface area contributed by atoms with E-state index in [1.807, 2.05) is 0 Å². The second-order valence-electron chi connectivity index (χ2n) is 3.19. The fraction of sp³-hybridized carbons (Fsp3) is 0.750. The third-order valence-electron chi connectivity index (χ3n) is 2.38. The first-order valence-electron chi connectivity index (χ1n) is 4.18. The Hall–Kier alpha value is -1.24. The summed E-state index contributed by atoms with van der Waals surface area (Å²) < 4.78 is 36.2. The Bertz CT molecular complexity index is 270. The minimum atomic E-state index is -3.03. The molecule has 1 aliphatic rings. The molecule has 2 unspecified atom stereocenters. The molecule has 7 heteroatoms. The van der Waals surface area contributed by atoms with Crippen molar-refractivity contribution in [2.75, 3.05) is 27.3 Å². The molecular weight excluding hydrogens is 212 g/mol. The van der Waals surface area contributed by atoms with Gasteiger partial charge in [-0.2, -0.15) is 0 Å². The highest BCUT2D eigenvalue weighted by molar-refractivity contribution is 5.94. The van der Waals surface area contributed by atoms with Gasteiger partial charge in [-0.3, -0.25) is 0 Å². The van der Waals surface area contributed by atoms with E-state index < -0.39 is 36.4 Å². The van der Waals surface area contributed by atoms with Crippen LogP contribution in [0.5, 0.6) is 0 Å². The highest BCUT2D eigenvalue weighted by atomic mass is 19.2. The first-order chi connectivity index (χ1) is 6.92. The molecule has 0 spiro atoms. The number of halogens is 2. The molecule has 0 aromatic heterocycles. The highest BCUT2D eigenvalue weighted by Gasteiger charge is 2.68. The van der Waals surface area contributed by atoms with Crippen LogP contribution in [-0.4, -0.2) is 50.6 Å². The van der Waals surface area contributed by atoms with Gasteiger partial charge in [0.05, 0.1) is 14.2 Å². The number of hydrogen-bond acceptors (Lipinski definition) is 5. The van der Waals surface area contributed by atoms with Gasteiger partial charge in [-0.05, 0) is 0 Å². The molecule has 2 atom stereocenters. The van der Waals surface area contributed by atoms with E-state index in [1.165, 1.54) is 0 Å². The van der Waals surface area contributed by atoms with Crippen LogP contribution in [-0.2, 0) is 19.1 Å². The van der Waals surface area contributed by atoms with E-state index >= 15 is 0 Å². The van der Waals surface area contributed by atoms with Crippen LogP contribution < -0.4 is 5.32 Å². The number of carbonyl (C=O) groups excluding carboxylic acids is 2. The maximum absolute atomic E-state index is 14.0. The quantitative estimate of drug-likeness (QED) is 0.630. The highest BCUT2D eigenvalue weighted by Crippen LogP contribution is 2.36. The van der Waals surface area contributed by atoms with E-state index in [9.17, 15) is 18.4 Å². The summed E-state index contributed by atoms with van der Waals surface area (Å²) in [6, 6.07) is 0. The van der Waals surface area contributed by atoms with Gasteiger partial charge in [0.2, 0.25) is 0 Å². The predicted molar refractivity (Wildman–Crippen MR) is 44.6 cm³/mol. The second kappa shape index (κ2) is 3.73. The molecular formula is C8H11F2NO4. The van der Waals surface area contributed by atoms with E-state index in [4.69, 9.17) is 0 Å². The van der Waals surface area contributed by atoms with Gasteiger partial charge < -0.3 is 14.8 Å². The van der Waals surface area contributed by atoms with E-state index in [0.717, 1.165) is 14.2 Å². The van der Waals surface area contributed by atoms with E-state index in [0.29, 0.717) is 0 Å². The molecule has 1 fully saturated rings. The molecule has 86 valence electrons. The van der Waals surface area contributed by atoms with Crippen molar-refractivity contribution in [3.05, 3.63) is 0 Å². The molecule has 0 aromatic carbocycles. The number of methoxy groups -OCH3 is 2. The Morgan fingerprint density at radius 2 is 1.40 bits per heavy atom. The van der Waals surface area contributed by atoms with Crippen LogP contribution in [0, 0.1) is 0 Å². The average molecular weight is 223 g/mol. The third-order valence-corrected chi connectivity index (χ3v) is 2.38. The van der Waals surface area contributed by atoms with Gasteiger partial charge in [0, 0.05) is 13.1 Å². The molecule has 0 amide bonds. The minimum Gasteiger partial charge on any atom is -0.467 e. The first-order valence-corrected chi connectivity index (χ1v) is 4.18. The maximum Gasteiger partial charge on any atom is 0.349 e. The summed E-state index contributed by atoms with van der Waals surface area (Å²) >= 11 is 0. The van der Waals surface area contributed by atoms with Gasteiger partial charge in [-0.15, -0.1) is 0 Å². The normalized spacial score (nSPS) is 34.9. The summed E-state index contributed by atoms with van der Waals surface area (Å²) in [6.07, 6.45) is 0. The van der Waals surface area contributed by atoms with Crippen LogP contribution in [0.15, 0.2) is 0 Å². The number of esters is 2. The summed E-state index contributed by atoms with van der Waals surface area (Å²) in [6.45, 7) is -1.24. The van der Waals surface area contributed by atoms with Crippen molar-refractivity contribution < 1.29 is 27.8 Å². The summed E-state index contributed by atoms with van der Waals surface area (Å²) in [5, 5.41) is 2.28. The van der Waals surface area contributed by atoms with Crippen LogP contribution in [0.2, 0.25) is 0 Å². The lowest BCUT2D eigenvalue weighted by molar-refractivity contribution is -0.177. The summed E-state index contributed by atoms with van der Waals surface area (Å²) in [5.74, 6) is -2.86. The Labute approximate surface area is 84.7 Å². The lowest BCUT2D eigenvalue weighted by Crippen LogP contribution is -2.58. The molecule has 1 rings (SSSR count). The number of alkyl halides is 2. The molecule has 1 heterocycles. The van der Waals surface area contributed by atoms with Gasteiger partial charge in [-0.25, -0.2) is 18.4 Å². The average Bonchev–Trinajstić information content (AvgIpc) is 2.55. The summed E-state index contributed by atoms with van der Waals surface area (Å²) in [4.78, 5) is 22.2. The van der Waals surface area contributed by atoms with Crippen molar-refractivity contribution in [1.29, 1.82) is 0 Å². The Morgan fingerprint density at radius 1 is 1.07 bits per heavy atom. The standard InChI is InChI=1S/C8H11F2NO4/c1-14-5(12)7(9)3-11-4-8(7,10)6(13)15-2/h11H,3-4H2,1-2H3. The van der Waals surface area contributed by atoms with Crippen LogP contribution in [0.3, 0.4) is 0 Å². The number of nitrogens with one attached hydrogen (secondary N) is 1. The van der Waals surface area contributed by atoms with Crippen molar-refractivity contribution >= 4 is 11.9 Å². The molecule has 0 aliphatic carbocycles. The molecule has 5 nitrogen and oxygen atoms in total. The fourth-order valence-corrected chi connectivity index (χ4v) is 1.48. The van der Waals surface area contributed by atoms with Gasteiger partial charge in [0.25, 0.3) is 11.3 Å². The summed E-state index contributed by atoms with van der Waals surface area (Å²) in [7, 11) is 1.83. The number of carbonyl (C=O) groups is 2. The van der Waals surface area contributed by atoms with E-state index in [2.05, 4.69) is 14.8 Å². The Morgan fingerprint density at radius 3 is 1.67 bits per heavy atom. The maximum atomic E-state index is 14.0. The zero-order valence-corrected chi connectivity index (χ0v) is 8.30. The number of rotatable bonds is 2. The smallest absolute Gasteiger partial charge is 0.349 e. The molecule has 1 saturated heterocycles. The lowest BCUT2D eigenvalue weighted by Gasteiger charge is -2.27. The minimum absolute atomic E-state index is 0.620. The molecule has 0 bridgehead atoms. The van der Waals surface area contributed by atoms with Crippen molar-refractivity contribution in [3.63, 3.8) is 0 Å². The topological polar surface area (TPSA) is 64.6 Å². The summed E-state index contributed by atoms with van der Waals surface area (Å²) in [5.41, 5.74) is -6.07. The van der Waals surface area contributed by atoms with Gasteiger partial charge in [0.1, 0.15) is 0 Å². The first kappa shape index (κ1) is 11.8. The molecule has 0 aromatic rings. The van der Waals surface area contributed by atoms with Crippen molar-refractivity contribution in [2.45, 2.75) is 11.3 Å². The fourth-order valence-electron chi connectivity index (χ4n) is 1.48. The second-order valence-corrected chi connectivity index (χ2v) is 3.19. The third kappa shape index (κ3) is 1.46. The zero-order chi connectivity index (χ0) is 11.7. The Kier molecular flexibility index (Phi) is 2.94. The van der Waals surface area contributed by atoms with Crippen molar-refractivity contribution in [3.8, 4) is 0 Å². The Balaban J connectivity index is 3.08. The molecule has 1 N–H and O–H groups in total.